The summed E-state index contributed by atoms with van der Waals surface area (Å²) in [6.07, 6.45) is 2.72. The van der Waals surface area contributed by atoms with Crippen LogP contribution in [0.3, 0.4) is 0 Å². The molecule has 2 aromatic carbocycles. The fraction of sp³-hybridized carbons (Fsp3) is 0.238. The average molecular weight is 497 g/mol. The molecule has 0 saturated carbocycles. The topological polar surface area (TPSA) is 82.6 Å². The largest absolute Gasteiger partial charge is 0.359 e. The maximum absolute atomic E-state index is 13.8. The molecule has 1 saturated heterocycles. The Hall–Kier alpha value is -2.69. The highest BCUT2D eigenvalue weighted by Crippen LogP contribution is 2.38. The normalized spacial score (nSPS) is 18.3. The predicted molar refractivity (Wildman–Crippen MR) is 127 cm³/mol. The van der Waals surface area contributed by atoms with Crippen molar-refractivity contribution in [1.29, 1.82) is 0 Å². The van der Waals surface area contributed by atoms with Crippen LogP contribution in [-0.4, -0.2) is 38.4 Å². The Morgan fingerprint density at radius 1 is 1.19 bits per heavy atom. The number of anilines is 3. The van der Waals surface area contributed by atoms with E-state index in [4.69, 9.17) is 11.6 Å². The van der Waals surface area contributed by atoms with Crippen molar-refractivity contribution in [3.8, 4) is 0 Å². The number of benzene rings is 2. The third-order valence-electron chi connectivity index (χ3n) is 5.75. The molecule has 170 valence electrons. The summed E-state index contributed by atoms with van der Waals surface area (Å²) in [5.41, 5.74) is 2.16. The number of hydrogen-bond donors (Lipinski definition) is 1. The Balaban J connectivity index is 0.00000162. The van der Waals surface area contributed by atoms with Gasteiger partial charge >= 0.3 is 0 Å². The number of halogens is 2. The van der Waals surface area contributed by atoms with E-state index >= 15 is 0 Å². The highest BCUT2D eigenvalue weighted by Gasteiger charge is 2.39. The first-order chi connectivity index (χ1) is 15.3. The lowest BCUT2D eigenvalue weighted by Gasteiger charge is -2.26. The number of carbonyl (C=O) groups excluding carboxylic acids is 1. The molecular weight excluding hydrogens is 475 g/mol. The summed E-state index contributed by atoms with van der Waals surface area (Å²) < 4.78 is 41.3. The Morgan fingerprint density at radius 3 is 2.69 bits per heavy atom. The quantitative estimate of drug-likeness (QED) is 0.566. The van der Waals surface area contributed by atoms with Crippen LogP contribution >= 0.6 is 22.9 Å². The number of nitrogens with zero attached hydrogens (tertiary/aromatic N) is 3. The predicted octanol–water partition coefficient (Wildman–Crippen LogP) is 4.40. The summed E-state index contributed by atoms with van der Waals surface area (Å²) in [6, 6.07) is 8.83. The van der Waals surface area contributed by atoms with E-state index in [-0.39, 0.29) is 29.9 Å². The van der Waals surface area contributed by atoms with Crippen LogP contribution in [0.25, 0.3) is 0 Å². The maximum atomic E-state index is 13.8. The lowest BCUT2D eigenvalue weighted by Crippen LogP contribution is -2.41. The molecule has 0 aliphatic carbocycles. The van der Waals surface area contributed by atoms with Gasteiger partial charge in [0.15, 0.2) is 5.13 Å². The Morgan fingerprint density at radius 2 is 1.97 bits per heavy atom. The Labute approximate surface area is 196 Å². The third-order valence-corrected chi connectivity index (χ3v) is 8.33. The van der Waals surface area contributed by atoms with Crippen molar-refractivity contribution < 1.29 is 20.5 Å². The lowest BCUT2D eigenvalue weighted by atomic mass is 10.1. The molecule has 32 heavy (non-hydrogen) atoms. The van der Waals surface area contributed by atoms with E-state index < -0.39 is 15.8 Å². The van der Waals surface area contributed by atoms with Crippen LogP contribution in [-0.2, 0) is 21.2 Å². The second-order valence-corrected chi connectivity index (χ2v) is 10.5. The Kier molecular flexibility index (Phi) is 5.31. The summed E-state index contributed by atoms with van der Waals surface area (Å²) in [7, 11) is -3.76. The molecule has 1 N–H and O–H groups in total. The van der Waals surface area contributed by atoms with E-state index in [9.17, 15) is 17.6 Å². The summed E-state index contributed by atoms with van der Waals surface area (Å²) in [5, 5.41) is 2.09. The van der Waals surface area contributed by atoms with Gasteiger partial charge in [0.2, 0.25) is 5.91 Å². The second kappa shape index (κ2) is 8.02. The number of thiazole rings is 1. The van der Waals surface area contributed by atoms with Crippen molar-refractivity contribution in [3.05, 3.63) is 64.4 Å². The van der Waals surface area contributed by atoms with E-state index in [1.54, 1.807) is 28.5 Å². The van der Waals surface area contributed by atoms with Crippen molar-refractivity contribution in [3.63, 3.8) is 0 Å². The molecule has 0 radical (unpaired) electrons. The van der Waals surface area contributed by atoms with E-state index in [1.165, 1.54) is 35.7 Å². The number of hydrogen-bond acceptors (Lipinski definition) is 6. The Bertz CT molecular complexity index is 1290. The van der Waals surface area contributed by atoms with Gasteiger partial charge in [0, 0.05) is 38.9 Å². The van der Waals surface area contributed by atoms with Gasteiger partial charge in [-0.15, -0.1) is 11.3 Å². The first kappa shape index (κ1) is 21.2. The molecule has 11 heteroatoms. The zero-order chi connectivity index (χ0) is 22.5. The molecule has 1 fully saturated rings. The number of amides is 1. The standard InChI is InChI=1S/C21H18ClFN4O3S2.2H2/c22-19-15-7-10-27(17(15)6-5-16(19)23)18-8-11-26(20(18)28)13-1-3-14(4-2-13)32(29,30)25-21-24-9-12-31-21;;/h1-6,9,12,18H,7-8,10-11H2,(H,24,25);2*1H/t18-;;/m1../s1. The van der Waals surface area contributed by atoms with Gasteiger partial charge in [0.05, 0.1) is 9.92 Å². The molecule has 1 aromatic heterocycles. The van der Waals surface area contributed by atoms with Crippen molar-refractivity contribution in [2.45, 2.75) is 23.8 Å². The molecule has 0 spiro atoms. The minimum absolute atomic E-state index is 0. The smallest absolute Gasteiger partial charge is 0.263 e. The number of fused-ring (bicyclic) bond motifs is 1. The molecule has 3 aromatic rings. The van der Waals surface area contributed by atoms with E-state index in [0.717, 1.165) is 11.3 Å². The maximum Gasteiger partial charge on any atom is 0.263 e. The summed E-state index contributed by atoms with van der Waals surface area (Å²) in [5.74, 6) is -0.527. The first-order valence-electron chi connectivity index (χ1n) is 9.92. The van der Waals surface area contributed by atoms with Gasteiger partial charge in [0.1, 0.15) is 11.9 Å². The molecule has 3 heterocycles. The summed E-state index contributed by atoms with van der Waals surface area (Å²) >= 11 is 7.30. The lowest BCUT2D eigenvalue weighted by molar-refractivity contribution is -0.118. The molecule has 7 nitrogen and oxygen atoms in total. The monoisotopic (exact) mass is 496 g/mol. The van der Waals surface area contributed by atoms with Crippen molar-refractivity contribution in [2.75, 3.05) is 27.6 Å². The van der Waals surface area contributed by atoms with Gasteiger partial charge in [-0.2, -0.15) is 0 Å². The van der Waals surface area contributed by atoms with Crippen molar-refractivity contribution in [2.24, 2.45) is 0 Å². The van der Waals surface area contributed by atoms with Gasteiger partial charge in [-0.3, -0.25) is 9.52 Å². The number of rotatable bonds is 5. The average Bonchev–Trinajstić information content (AvgIpc) is 3.51. The third kappa shape index (κ3) is 3.62. The first-order valence-corrected chi connectivity index (χ1v) is 12.7. The van der Waals surface area contributed by atoms with Gasteiger partial charge in [-0.05, 0) is 54.8 Å². The van der Waals surface area contributed by atoms with Gasteiger partial charge in [-0.25, -0.2) is 17.8 Å². The summed E-state index contributed by atoms with van der Waals surface area (Å²) in [4.78, 5) is 20.8. The van der Waals surface area contributed by atoms with Gasteiger partial charge in [-0.1, -0.05) is 11.6 Å². The zero-order valence-electron chi connectivity index (χ0n) is 16.7. The fourth-order valence-corrected chi connectivity index (χ4v) is 6.27. The molecule has 0 bridgehead atoms. The minimum Gasteiger partial charge on any atom is -0.359 e. The van der Waals surface area contributed by atoms with Crippen LogP contribution in [0.4, 0.5) is 20.9 Å². The second-order valence-electron chi connectivity index (χ2n) is 7.53. The highest BCUT2D eigenvalue weighted by molar-refractivity contribution is 7.93. The van der Waals surface area contributed by atoms with Crippen LogP contribution in [0.5, 0.6) is 0 Å². The van der Waals surface area contributed by atoms with Crippen molar-refractivity contribution in [1.82, 2.24) is 4.98 Å². The molecule has 2 aliphatic heterocycles. The van der Waals surface area contributed by atoms with Crippen LogP contribution in [0.15, 0.2) is 52.9 Å². The summed E-state index contributed by atoms with van der Waals surface area (Å²) in [6.45, 7) is 1.11. The molecular formula is C21H22ClFN4O3S2. The number of carbonyl (C=O) groups is 1. The number of aromatic nitrogens is 1. The molecule has 1 amide bonds. The van der Waals surface area contributed by atoms with E-state index in [2.05, 4.69) is 9.71 Å². The van der Waals surface area contributed by atoms with Crippen LogP contribution in [0.2, 0.25) is 5.02 Å². The van der Waals surface area contributed by atoms with E-state index in [0.29, 0.717) is 31.6 Å². The van der Waals surface area contributed by atoms with Crippen LogP contribution in [0.1, 0.15) is 14.8 Å². The fourth-order valence-electron chi connectivity index (χ4n) is 4.23. The van der Waals surface area contributed by atoms with Gasteiger partial charge < -0.3 is 9.80 Å². The molecule has 0 unspecified atom stereocenters. The van der Waals surface area contributed by atoms with Gasteiger partial charge in [0.25, 0.3) is 10.0 Å². The molecule has 2 aliphatic rings. The zero-order valence-corrected chi connectivity index (χ0v) is 19.1. The van der Waals surface area contributed by atoms with E-state index in [1.807, 2.05) is 4.90 Å². The highest BCUT2D eigenvalue weighted by atomic mass is 35.5. The van der Waals surface area contributed by atoms with Crippen molar-refractivity contribution >= 4 is 55.4 Å². The molecule has 1 atom stereocenters. The van der Waals surface area contributed by atoms with Crippen LogP contribution in [0, 0.1) is 5.82 Å². The number of sulfonamides is 1. The SMILES string of the molecule is O=C1[C@H](N2CCc3c2ccc(F)c3Cl)CCN1c1ccc(S(=O)(=O)Nc2nccs2)cc1.[HH].[HH]. The minimum atomic E-state index is -3.76. The number of nitrogens with one attached hydrogen (secondary N) is 1. The molecule has 5 rings (SSSR count). The van der Waals surface area contributed by atoms with Crippen LogP contribution < -0.4 is 14.5 Å².